The van der Waals surface area contributed by atoms with E-state index in [9.17, 15) is 4.79 Å². The molecule has 0 saturated heterocycles. The summed E-state index contributed by atoms with van der Waals surface area (Å²) in [4.78, 5) is 12.7. The van der Waals surface area contributed by atoms with E-state index in [1.165, 1.54) is 0 Å². The zero-order valence-corrected chi connectivity index (χ0v) is 12.7. The summed E-state index contributed by atoms with van der Waals surface area (Å²) >= 11 is 5.07. The fourth-order valence-electron chi connectivity index (χ4n) is 2.11. The number of aryl methyl sites for hydroxylation is 1. The maximum Gasteiger partial charge on any atom is 0.195 e. The molecule has 0 radical (unpaired) electrons. The van der Waals surface area contributed by atoms with E-state index in [2.05, 4.69) is 15.9 Å². The van der Waals surface area contributed by atoms with Gasteiger partial charge in [0.2, 0.25) is 0 Å². The number of halogens is 1. The summed E-state index contributed by atoms with van der Waals surface area (Å²) in [7, 11) is 0. The zero-order chi connectivity index (χ0) is 13.4. The van der Waals surface area contributed by atoms with Crippen molar-refractivity contribution in [3.63, 3.8) is 0 Å². The van der Waals surface area contributed by atoms with Gasteiger partial charge in [-0.1, -0.05) is 45.8 Å². The van der Waals surface area contributed by atoms with Gasteiger partial charge in [0.25, 0.3) is 0 Å². The van der Waals surface area contributed by atoms with E-state index >= 15 is 0 Å². The van der Waals surface area contributed by atoms with Crippen LogP contribution in [0.15, 0.2) is 52.3 Å². The molecule has 1 nitrogen and oxygen atoms in total. The lowest BCUT2D eigenvalue weighted by Gasteiger charge is -2.04. The lowest BCUT2D eigenvalue weighted by atomic mass is 10.0. The Morgan fingerprint density at radius 1 is 1.11 bits per heavy atom. The molecule has 0 unspecified atom stereocenters. The van der Waals surface area contributed by atoms with E-state index in [4.69, 9.17) is 0 Å². The Morgan fingerprint density at radius 3 is 2.74 bits per heavy atom. The first-order valence-corrected chi connectivity index (χ1v) is 7.61. The van der Waals surface area contributed by atoms with Gasteiger partial charge in [0, 0.05) is 31.1 Å². The minimum atomic E-state index is 0.0769. The Bertz CT molecular complexity index is 773. The monoisotopic (exact) mass is 330 g/mol. The Balaban J connectivity index is 2.16. The number of hydrogen-bond donors (Lipinski definition) is 0. The Labute approximate surface area is 124 Å². The summed E-state index contributed by atoms with van der Waals surface area (Å²) in [5.41, 5.74) is 2.60. The lowest BCUT2D eigenvalue weighted by molar-refractivity contribution is 0.104. The predicted molar refractivity (Wildman–Crippen MR) is 84.1 cm³/mol. The molecule has 0 fully saturated rings. The van der Waals surface area contributed by atoms with Crippen LogP contribution >= 0.6 is 27.3 Å². The number of hydrogen-bond acceptors (Lipinski definition) is 2. The molecule has 3 aromatic rings. The van der Waals surface area contributed by atoms with Gasteiger partial charge < -0.3 is 0 Å². The maximum absolute atomic E-state index is 12.7. The van der Waals surface area contributed by atoms with Gasteiger partial charge in [-0.2, -0.15) is 0 Å². The number of benzene rings is 2. The Kier molecular flexibility index (Phi) is 3.25. The van der Waals surface area contributed by atoms with Crippen LogP contribution in [-0.4, -0.2) is 5.78 Å². The molecule has 0 amide bonds. The third-order valence-corrected chi connectivity index (χ3v) is 4.75. The molecule has 19 heavy (non-hydrogen) atoms. The molecule has 0 saturated carbocycles. The number of thiophene rings is 1. The normalized spacial score (nSPS) is 10.8. The first-order chi connectivity index (χ1) is 9.16. The SMILES string of the molecule is Cc1ccc(Br)c(C(=O)c2csc3ccccc23)c1. The van der Waals surface area contributed by atoms with Gasteiger partial charge in [0.1, 0.15) is 0 Å². The lowest BCUT2D eigenvalue weighted by Crippen LogP contribution is -2.01. The summed E-state index contributed by atoms with van der Waals surface area (Å²) in [6.45, 7) is 1.99. The fraction of sp³-hybridized carbons (Fsp3) is 0.0625. The van der Waals surface area contributed by atoms with Crippen LogP contribution in [0.1, 0.15) is 21.5 Å². The third kappa shape index (κ3) is 2.24. The number of rotatable bonds is 2. The van der Waals surface area contributed by atoms with Gasteiger partial charge in [-0.3, -0.25) is 4.79 Å². The molecule has 0 N–H and O–H groups in total. The molecule has 0 aliphatic carbocycles. The molecule has 0 bridgehead atoms. The minimum absolute atomic E-state index is 0.0769. The molecule has 0 spiro atoms. The fourth-order valence-corrected chi connectivity index (χ4v) is 3.48. The average molecular weight is 331 g/mol. The van der Waals surface area contributed by atoms with Crippen LogP contribution in [0.5, 0.6) is 0 Å². The molecule has 3 rings (SSSR count). The van der Waals surface area contributed by atoms with Crippen molar-refractivity contribution < 1.29 is 4.79 Å². The molecular weight excluding hydrogens is 320 g/mol. The summed E-state index contributed by atoms with van der Waals surface area (Å²) in [5.74, 6) is 0.0769. The van der Waals surface area contributed by atoms with Crippen LogP contribution in [0.2, 0.25) is 0 Å². The van der Waals surface area contributed by atoms with Crippen molar-refractivity contribution in [3.8, 4) is 0 Å². The van der Waals surface area contributed by atoms with Gasteiger partial charge in [-0.05, 0) is 25.1 Å². The van der Waals surface area contributed by atoms with E-state index in [0.717, 1.165) is 31.2 Å². The summed E-state index contributed by atoms with van der Waals surface area (Å²) in [6, 6.07) is 13.9. The molecule has 3 heteroatoms. The van der Waals surface area contributed by atoms with E-state index in [1.807, 2.05) is 54.8 Å². The van der Waals surface area contributed by atoms with Crippen molar-refractivity contribution in [1.82, 2.24) is 0 Å². The minimum Gasteiger partial charge on any atom is -0.289 e. The van der Waals surface area contributed by atoms with Crippen molar-refractivity contribution in [2.24, 2.45) is 0 Å². The highest BCUT2D eigenvalue weighted by Gasteiger charge is 2.16. The maximum atomic E-state index is 12.7. The second-order valence-electron chi connectivity index (χ2n) is 4.46. The smallest absolute Gasteiger partial charge is 0.195 e. The summed E-state index contributed by atoms with van der Waals surface area (Å²) < 4.78 is 1.99. The van der Waals surface area contributed by atoms with Crippen LogP contribution in [0.4, 0.5) is 0 Å². The predicted octanol–water partition coefficient (Wildman–Crippen LogP) is 5.20. The van der Waals surface area contributed by atoms with Crippen molar-refractivity contribution >= 4 is 43.1 Å². The first-order valence-electron chi connectivity index (χ1n) is 5.94. The van der Waals surface area contributed by atoms with Gasteiger partial charge in [0.15, 0.2) is 5.78 Å². The molecule has 0 atom stereocenters. The van der Waals surface area contributed by atoms with Gasteiger partial charge in [-0.15, -0.1) is 11.3 Å². The van der Waals surface area contributed by atoms with Crippen molar-refractivity contribution in [2.75, 3.05) is 0 Å². The zero-order valence-electron chi connectivity index (χ0n) is 10.3. The second kappa shape index (κ2) is 4.91. The van der Waals surface area contributed by atoms with Gasteiger partial charge in [0.05, 0.1) is 0 Å². The van der Waals surface area contributed by atoms with E-state index in [0.29, 0.717) is 0 Å². The quantitative estimate of drug-likeness (QED) is 0.590. The molecule has 2 aromatic carbocycles. The van der Waals surface area contributed by atoms with E-state index in [-0.39, 0.29) is 5.78 Å². The summed E-state index contributed by atoms with van der Waals surface area (Å²) in [6.07, 6.45) is 0. The molecular formula is C16H11BrOS. The topological polar surface area (TPSA) is 17.1 Å². The molecule has 1 heterocycles. The van der Waals surface area contributed by atoms with Crippen LogP contribution < -0.4 is 0 Å². The summed E-state index contributed by atoms with van der Waals surface area (Å²) in [5, 5.41) is 2.98. The molecule has 0 aliphatic heterocycles. The van der Waals surface area contributed by atoms with Gasteiger partial charge >= 0.3 is 0 Å². The molecule has 0 aliphatic rings. The standard InChI is InChI=1S/C16H11BrOS/c1-10-6-7-14(17)12(8-10)16(18)13-9-19-15-5-3-2-4-11(13)15/h2-9H,1H3. The largest absolute Gasteiger partial charge is 0.289 e. The van der Waals surface area contributed by atoms with Crippen LogP contribution in [0, 0.1) is 6.92 Å². The Hall–Kier alpha value is -1.45. The van der Waals surface area contributed by atoms with Crippen LogP contribution in [-0.2, 0) is 0 Å². The number of carbonyl (C=O) groups excluding carboxylic acids is 1. The van der Waals surface area contributed by atoms with Crippen LogP contribution in [0.25, 0.3) is 10.1 Å². The number of carbonyl (C=O) groups is 1. The van der Waals surface area contributed by atoms with Crippen LogP contribution in [0.3, 0.4) is 0 Å². The van der Waals surface area contributed by atoms with Crippen molar-refractivity contribution in [2.45, 2.75) is 6.92 Å². The molecule has 1 aromatic heterocycles. The van der Waals surface area contributed by atoms with Gasteiger partial charge in [-0.25, -0.2) is 0 Å². The number of ketones is 1. The number of fused-ring (bicyclic) bond motifs is 1. The highest BCUT2D eigenvalue weighted by atomic mass is 79.9. The van der Waals surface area contributed by atoms with Crippen molar-refractivity contribution in [1.29, 1.82) is 0 Å². The second-order valence-corrected chi connectivity index (χ2v) is 6.22. The van der Waals surface area contributed by atoms with E-state index < -0.39 is 0 Å². The molecule has 94 valence electrons. The Morgan fingerprint density at radius 2 is 1.89 bits per heavy atom. The third-order valence-electron chi connectivity index (χ3n) is 3.09. The first kappa shape index (κ1) is 12.6. The highest BCUT2D eigenvalue weighted by molar-refractivity contribution is 9.10. The van der Waals surface area contributed by atoms with Crippen molar-refractivity contribution in [3.05, 3.63) is 69.0 Å². The average Bonchev–Trinajstić information content (AvgIpc) is 2.84. The van der Waals surface area contributed by atoms with E-state index in [1.54, 1.807) is 11.3 Å². The highest BCUT2D eigenvalue weighted by Crippen LogP contribution is 2.29.